The Kier molecular flexibility index (Phi) is 5.66. The number of ether oxygens (including phenoxy) is 1. The quantitative estimate of drug-likeness (QED) is 0.581. The lowest BCUT2D eigenvalue weighted by Crippen LogP contribution is -2.21. The van der Waals surface area contributed by atoms with E-state index < -0.39 is 11.7 Å². The summed E-state index contributed by atoms with van der Waals surface area (Å²) in [4.78, 5) is 0.691. The molecule has 0 aromatic heterocycles. The summed E-state index contributed by atoms with van der Waals surface area (Å²) in [5.41, 5.74) is 1.32. The Morgan fingerprint density at radius 3 is 2.52 bits per heavy atom. The van der Waals surface area contributed by atoms with Crippen molar-refractivity contribution in [3.63, 3.8) is 0 Å². The summed E-state index contributed by atoms with van der Waals surface area (Å²) in [6.45, 7) is 2.45. The molecular formula is C19H18ClF3OS. The Morgan fingerprint density at radius 2 is 1.84 bits per heavy atom. The van der Waals surface area contributed by atoms with Gasteiger partial charge in [-0.25, -0.2) is 0 Å². The van der Waals surface area contributed by atoms with Crippen molar-refractivity contribution in [2.75, 3.05) is 6.61 Å². The second-order valence-electron chi connectivity index (χ2n) is 6.15. The smallest absolute Gasteiger partial charge is 0.373 e. The third-order valence-corrected chi connectivity index (χ3v) is 5.99. The molecule has 1 aliphatic rings. The number of aryl methyl sites for hydroxylation is 1. The largest absolute Gasteiger partial charge is 0.416 e. The van der Waals surface area contributed by atoms with Gasteiger partial charge in [-0.1, -0.05) is 29.8 Å². The van der Waals surface area contributed by atoms with Crippen LogP contribution < -0.4 is 0 Å². The van der Waals surface area contributed by atoms with Gasteiger partial charge in [0.25, 0.3) is 0 Å². The molecule has 1 aliphatic heterocycles. The van der Waals surface area contributed by atoms with Gasteiger partial charge in [-0.2, -0.15) is 13.2 Å². The number of halogens is 4. The predicted octanol–water partition coefficient (Wildman–Crippen LogP) is 6.68. The number of hydrogen-bond acceptors (Lipinski definition) is 2. The van der Waals surface area contributed by atoms with Crippen LogP contribution in [0.5, 0.6) is 0 Å². The maximum atomic E-state index is 13.0. The summed E-state index contributed by atoms with van der Waals surface area (Å²) in [5, 5.41) is 0.890. The van der Waals surface area contributed by atoms with Gasteiger partial charge in [-0.3, -0.25) is 0 Å². The molecule has 2 unspecified atom stereocenters. The zero-order valence-electron chi connectivity index (χ0n) is 13.6. The van der Waals surface area contributed by atoms with Gasteiger partial charge in [0.2, 0.25) is 0 Å². The fourth-order valence-corrected chi connectivity index (χ4v) is 4.29. The van der Waals surface area contributed by atoms with E-state index in [4.69, 9.17) is 16.3 Å². The fraction of sp³-hybridized carbons (Fsp3) is 0.368. The SMILES string of the molecule is Cc1ccc(C(F)(F)F)cc1SC1CCOC(c2ccc(Cl)cc2)C1. The number of hydrogen-bond donors (Lipinski definition) is 0. The molecule has 2 atom stereocenters. The third kappa shape index (κ3) is 4.72. The Bertz CT molecular complexity index is 730. The van der Waals surface area contributed by atoms with Crippen LogP contribution in [-0.4, -0.2) is 11.9 Å². The van der Waals surface area contributed by atoms with Crippen molar-refractivity contribution in [1.29, 1.82) is 0 Å². The molecule has 0 radical (unpaired) electrons. The average molecular weight is 387 g/mol. The predicted molar refractivity (Wildman–Crippen MR) is 95.2 cm³/mol. The van der Waals surface area contributed by atoms with E-state index in [-0.39, 0.29) is 11.4 Å². The van der Waals surface area contributed by atoms with Gasteiger partial charge in [0.05, 0.1) is 11.7 Å². The molecule has 1 fully saturated rings. The molecule has 0 saturated carbocycles. The number of rotatable bonds is 3. The standard InChI is InChI=1S/C19H18ClF3OS/c1-12-2-5-14(19(21,22)23)10-18(12)25-16-8-9-24-17(11-16)13-3-6-15(20)7-4-13/h2-7,10,16-17H,8-9,11H2,1H3. The Labute approximate surface area is 154 Å². The summed E-state index contributed by atoms with van der Waals surface area (Å²) in [6.07, 6.45) is -2.77. The molecule has 0 spiro atoms. The second kappa shape index (κ2) is 7.60. The monoisotopic (exact) mass is 386 g/mol. The van der Waals surface area contributed by atoms with Crippen molar-refractivity contribution in [1.82, 2.24) is 0 Å². The number of benzene rings is 2. The Balaban J connectivity index is 1.73. The van der Waals surface area contributed by atoms with E-state index in [1.165, 1.54) is 17.8 Å². The first-order chi connectivity index (χ1) is 11.8. The van der Waals surface area contributed by atoms with Crippen LogP contribution in [0.15, 0.2) is 47.4 Å². The maximum Gasteiger partial charge on any atom is 0.416 e. The summed E-state index contributed by atoms with van der Waals surface area (Å²) in [6, 6.07) is 11.5. The van der Waals surface area contributed by atoms with Crippen LogP contribution in [0.2, 0.25) is 5.02 Å². The molecule has 2 aromatic carbocycles. The first kappa shape index (κ1) is 18.6. The highest BCUT2D eigenvalue weighted by Gasteiger charge is 2.31. The van der Waals surface area contributed by atoms with E-state index in [1.54, 1.807) is 6.07 Å². The molecule has 6 heteroatoms. The Morgan fingerprint density at radius 1 is 1.12 bits per heavy atom. The first-order valence-corrected chi connectivity index (χ1v) is 9.30. The third-order valence-electron chi connectivity index (χ3n) is 4.29. The first-order valence-electron chi connectivity index (χ1n) is 8.04. The van der Waals surface area contributed by atoms with E-state index >= 15 is 0 Å². The van der Waals surface area contributed by atoms with E-state index in [2.05, 4.69) is 0 Å². The van der Waals surface area contributed by atoms with Gasteiger partial charge in [-0.15, -0.1) is 11.8 Å². The Hall–Kier alpha value is -1.17. The highest BCUT2D eigenvalue weighted by Crippen LogP contribution is 2.40. The second-order valence-corrected chi connectivity index (χ2v) is 7.93. The van der Waals surface area contributed by atoms with Gasteiger partial charge in [0.1, 0.15) is 0 Å². The van der Waals surface area contributed by atoms with E-state index in [9.17, 15) is 13.2 Å². The normalized spacial score (nSPS) is 21.3. The van der Waals surface area contributed by atoms with E-state index in [0.29, 0.717) is 16.5 Å². The van der Waals surface area contributed by atoms with Crippen molar-refractivity contribution < 1.29 is 17.9 Å². The van der Waals surface area contributed by atoms with Crippen molar-refractivity contribution in [2.24, 2.45) is 0 Å². The summed E-state index contributed by atoms with van der Waals surface area (Å²) >= 11 is 7.44. The highest BCUT2D eigenvalue weighted by atomic mass is 35.5. The molecule has 134 valence electrons. The van der Waals surface area contributed by atoms with Crippen LogP contribution in [0.25, 0.3) is 0 Å². The molecule has 25 heavy (non-hydrogen) atoms. The maximum absolute atomic E-state index is 13.0. The van der Waals surface area contributed by atoms with E-state index in [1.807, 2.05) is 31.2 Å². The molecule has 1 heterocycles. The number of thioether (sulfide) groups is 1. The van der Waals surface area contributed by atoms with Crippen LogP contribution in [0, 0.1) is 6.92 Å². The molecule has 2 aromatic rings. The van der Waals surface area contributed by atoms with Gasteiger partial charge < -0.3 is 4.74 Å². The summed E-state index contributed by atoms with van der Waals surface area (Å²) in [7, 11) is 0. The lowest BCUT2D eigenvalue weighted by atomic mass is 10.0. The van der Waals surface area contributed by atoms with Crippen LogP contribution in [0.1, 0.15) is 35.6 Å². The minimum atomic E-state index is -4.31. The van der Waals surface area contributed by atoms with Crippen molar-refractivity contribution >= 4 is 23.4 Å². The summed E-state index contributed by atoms with van der Waals surface area (Å²) in [5.74, 6) is 0. The van der Waals surface area contributed by atoms with Crippen molar-refractivity contribution in [3.05, 3.63) is 64.2 Å². The molecule has 0 bridgehead atoms. The minimum Gasteiger partial charge on any atom is -0.373 e. The van der Waals surface area contributed by atoms with Crippen LogP contribution in [0.3, 0.4) is 0 Å². The highest BCUT2D eigenvalue weighted by molar-refractivity contribution is 8.00. The zero-order valence-corrected chi connectivity index (χ0v) is 15.2. The van der Waals surface area contributed by atoms with Crippen LogP contribution >= 0.6 is 23.4 Å². The molecular weight excluding hydrogens is 369 g/mol. The molecule has 0 N–H and O–H groups in total. The van der Waals surface area contributed by atoms with Gasteiger partial charge in [0.15, 0.2) is 0 Å². The fourth-order valence-electron chi connectivity index (χ4n) is 2.87. The molecule has 3 rings (SSSR count). The molecule has 0 aliphatic carbocycles. The average Bonchev–Trinajstić information content (AvgIpc) is 2.57. The van der Waals surface area contributed by atoms with Crippen LogP contribution in [0.4, 0.5) is 13.2 Å². The van der Waals surface area contributed by atoms with Crippen molar-refractivity contribution in [3.8, 4) is 0 Å². The molecule has 0 amide bonds. The lowest BCUT2D eigenvalue weighted by Gasteiger charge is -2.30. The lowest BCUT2D eigenvalue weighted by molar-refractivity contribution is -0.137. The van der Waals surface area contributed by atoms with Gasteiger partial charge >= 0.3 is 6.18 Å². The van der Waals surface area contributed by atoms with Gasteiger partial charge in [0, 0.05) is 21.8 Å². The minimum absolute atomic E-state index is 0.0466. The van der Waals surface area contributed by atoms with Crippen molar-refractivity contribution in [2.45, 2.75) is 42.2 Å². The molecule has 1 nitrogen and oxygen atoms in total. The summed E-state index contributed by atoms with van der Waals surface area (Å²) < 4.78 is 44.7. The van der Waals surface area contributed by atoms with Crippen LogP contribution in [-0.2, 0) is 10.9 Å². The molecule has 1 saturated heterocycles. The van der Waals surface area contributed by atoms with E-state index in [0.717, 1.165) is 30.0 Å². The zero-order chi connectivity index (χ0) is 18.0. The topological polar surface area (TPSA) is 9.23 Å². The van der Waals surface area contributed by atoms with Gasteiger partial charge in [-0.05, 0) is 55.2 Å². The number of alkyl halides is 3.